The zero-order valence-corrected chi connectivity index (χ0v) is 13.7. The maximum atomic E-state index is 5.88. The van der Waals surface area contributed by atoms with Gasteiger partial charge in [-0.05, 0) is 70.8 Å². The van der Waals surface area contributed by atoms with E-state index in [-0.39, 0.29) is 0 Å². The lowest BCUT2D eigenvalue weighted by molar-refractivity contribution is 0.249. The van der Waals surface area contributed by atoms with E-state index in [4.69, 9.17) is 4.74 Å². The Morgan fingerprint density at radius 1 is 0.950 bits per heavy atom. The molecule has 2 heteroatoms. The lowest BCUT2D eigenvalue weighted by Crippen LogP contribution is -2.26. The third-order valence-corrected chi connectivity index (χ3v) is 3.54. The SMILES string of the molecule is CCCN(CCC)CCCCOc1ccc(C)cc1C. The van der Waals surface area contributed by atoms with Gasteiger partial charge in [0.1, 0.15) is 5.75 Å². The highest BCUT2D eigenvalue weighted by Crippen LogP contribution is 2.18. The predicted octanol–water partition coefficient (Wildman–Crippen LogP) is 4.58. The fourth-order valence-corrected chi connectivity index (χ4v) is 2.55. The molecule has 0 N–H and O–H groups in total. The largest absolute Gasteiger partial charge is 0.493 e. The molecular weight excluding hydrogens is 246 g/mol. The van der Waals surface area contributed by atoms with Crippen LogP contribution in [0.2, 0.25) is 0 Å². The van der Waals surface area contributed by atoms with E-state index in [0.717, 1.165) is 18.8 Å². The molecule has 0 bridgehead atoms. The normalized spacial score (nSPS) is 11.1. The van der Waals surface area contributed by atoms with Crippen LogP contribution in [0.15, 0.2) is 18.2 Å². The van der Waals surface area contributed by atoms with E-state index in [1.165, 1.54) is 50.0 Å². The highest BCUT2D eigenvalue weighted by atomic mass is 16.5. The fraction of sp³-hybridized carbons (Fsp3) is 0.667. The van der Waals surface area contributed by atoms with Crippen molar-refractivity contribution in [2.24, 2.45) is 0 Å². The Balaban J connectivity index is 2.20. The molecule has 0 saturated carbocycles. The van der Waals surface area contributed by atoms with Crippen molar-refractivity contribution < 1.29 is 4.74 Å². The van der Waals surface area contributed by atoms with Gasteiger partial charge in [0.15, 0.2) is 0 Å². The van der Waals surface area contributed by atoms with E-state index in [2.05, 4.69) is 50.8 Å². The van der Waals surface area contributed by atoms with Crippen molar-refractivity contribution in [1.29, 1.82) is 0 Å². The third-order valence-electron chi connectivity index (χ3n) is 3.54. The summed E-state index contributed by atoms with van der Waals surface area (Å²) in [6.45, 7) is 13.2. The minimum absolute atomic E-state index is 0.829. The first-order chi connectivity index (χ1) is 9.67. The molecule has 0 unspecified atom stereocenters. The molecule has 0 spiro atoms. The van der Waals surface area contributed by atoms with Gasteiger partial charge in [0.25, 0.3) is 0 Å². The van der Waals surface area contributed by atoms with E-state index < -0.39 is 0 Å². The molecule has 1 rings (SSSR count). The van der Waals surface area contributed by atoms with E-state index >= 15 is 0 Å². The van der Waals surface area contributed by atoms with E-state index in [1.54, 1.807) is 0 Å². The van der Waals surface area contributed by atoms with Crippen molar-refractivity contribution in [1.82, 2.24) is 4.90 Å². The molecular formula is C18H31NO. The summed E-state index contributed by atoms with van der Waals surface area (Å²) >= 11 is 0. The van der Waals surface area contributed by atoms with Crippen LogP contribution in [0.5, 0.6) is 5.75 Å². The van der Waals surface area contributed by atoms with Crippen LogP contribution in [-0.2, 0) is 0 Å². The summed E-state index contributed by atoms with van der Waals surface area (Å²) in [5, 5.41) is 0. The summed E-state index contributed by atoms with van der Waals surface area (Å²) < 4.78 is 5.88. The van der Waals surface area contributed by atoms with Crippen LogP contribution >= 0.6 is 0 Å². The average Bonchev–Trinajstić information content (AvgIpc) is 2.41. The number of rotatable bonds is 10. The highest BCUT2D eigenvalue weighted by molar-refractivity contribution is 5.35. The molecule has 0 aliphatic heterocycles. The van der Waals surface area contributed by atoms with Crippen LogP contribution in [0.25, 0.3) is 0 Å². The van der Waals surface area contributed by atoms with Gasteiger partial charge < -0.3 is 9.64 Å². The van der Waals surface area contributed by atoms with Crippen LogP contribution < -0.4 is 4.74 Å². The second kappa shape index (κ2) is 9.82. The first-order valence-electron chi connectivity index (χ1n) is 8.09. The molecule has 1 aromatic carbocycles. The second-order valence-electron chi connectivity index (χ2n) is 5.67. The van der Waals surface area contributed by atoms with Crippen molar-refractivity contribution in [3.63, 3.8) is 0 Å². The van der Waals surface area contributed by atoms with Crippen molar-refractivity contribution in [2.45, 2.75) is 53.4 Å². The van der Waals surface area contributed by atoms with Crippen LogP contribution in [0.3, 0.4) is 0 Å². The predicted molar refractivity (Wildman–Crippen MR) is 87.7 cm³/mol. The Hall–Kier alpha value is -1.02. The van der Waals surface area contributed by atoms with Crippen LogP contribution in [0.4, 0.5) is 0 Å². The van der Waals surface area contributed by atoms with Gasteiger partial charge in [0, 0.05) is 0 Å². The van der Waals surface area contributed by atoms with Gasteiger partial charge >= 0.3 is 0 Å². The molecule has 0 aliphatic rings. The van der Waals surface area contributed by atoms with Gasteiger partial charge in [0.2, 0.25) is 0 Å². The Morgan fingerprint density at radius 3 is 2.25 bits per heavy atom. The van der Waals surface area contributed by atoms with Gasteiger partial charge in [-0.25, -0.2) is 0 Å². The topological polar surface area (TPSA) is 12.5 Å². The third kappa shape index (κ3) is 6.42. The van der Waals surface area contributed by atoms with Crippen molar-refractivity contribution >= 4 is 0 Å². The molecule has 0 saturated heterocycles. The number of benzene rings is 1. The number of ether oxygens (including phenoxy) is 1. The fourth-order valence-electron chi connectivity index (χ4n) is 2.55. The minimum atomic E-state index is 0.829. The molecule has 114 valence electrons. The molecule has 0 amide bonds. The molecule has 20 heavy (non-hydrogen) atoms. The summed E-state index contributed by atoms with van der Waals surface area (Å²) in [6, 6.07) is 6.39. The minimum Gasteiger partial charge on any atom is -0.493 e. The number of aryl methyl sites for hydroxylation is 2. The molecule has 0 heterocycles. The van der Waals surface area contributed by atoms with Crippen molar-refractivity contribution in [2.75, 3.05) is 26.2 Å². The Bertz CT molecular complexity index is 370. The Kier molecular flexibility index (Phi) is 8.36. The van der Waals surface area contributed by atoms with Crippen LogP contribution in [-0.4, -0.2) is 31.1 Å². The van der Waals surface area contributed by atoms with Gasteiger partial charge in [-0.3, -0.25) is 0 Å². The van der Waals surface area contributed by atoms with Crippen molar-refractivity contribution in [3.8, 4) is 5.75 Å². The first kappa shape index (κ1) is 17.0. The zero-order valence-electron chi connectivity index (χ0n) is 13.7. The summed E-state index contributed by atoms with van der Waals surface area (Å²) in [6.07, 6.45) is 4.86. The highest BCUT2D eigenvalue weighted by Gasteiger charge is 2.03. The maximum absolute atomic E-state index is 5.88. The maximum Gasteiger partial charge on any atom is 0.122 e. The molecule has 0 aliphatic carbocycles. The van der Waals surface area contributed by atoms with Gasteiger partial charge in [-0.2, -0.15) is 0 Å². The second-order valence-corrected chi connectivity index (χ2v) is 5.67. The van der Waals surface area contributed by atoms with Gasteiger partial charge in [-0.15, -0.1) is 0 Å². The molecule has 0 radical (unpaired) electrons. The van der Waals surface area contributed by atoms with E-state index in [0.29, 0.717) is 0 Å². The van der Waals surface area contributed by atoms with Gasteiger partial charge in [-0.1, -0.05) is 31.5 Å². The quantitative estimate of drug-likeness (QED) is 0.580. The lowest BCUT2D eigenvalue weighted by Gasteiger charge is -2.20. The lowest BCUT2D eigenvalue weighted by atomic mass is 10.1. The molecule has 0 atom stereocenters. The molecule has 0 fully saturated rings. The smallest absolute Gasteiger partial charge is 0.122 e. The van der Waals surface area contributed by atoms with Crippen LogP contribution in [0.1, 0.15) is 50.7 Å². The summed E-state index contributed by atoms with van der Waals surface area (Å²) in [5.41, 5.74) is 2.54. The molecule has 0 aromatic heterocycles. The number of nitrogens with zero attached hydrogens (tertiary/aromatic N) is 1. The standard InChI is InChI=1S/C18H31NO/c1-5-11-19(12-6-2)13-7-8-14-20-18-10-9-16(3)15-17(18)4/h9-10,15H,5-8,11-14H2,1-4H3. The average molecular weight is 277 g/mol. The molecule has 2 nitrogen and oxygen atoms in total. The van der Waals surface area contributed by atoms with E-state index in [9.17, 15) is 0 Å². The van der Waals surface area contributed by atoms with E-state index in [1.807, 2.05) is 0 Å². The number of unbranched alkanes of at least 4 members (excludes halogenated alkanes) is 1. The first-order valence-corrected chi connectivity index (χ1v) is 8.09. The number of hydrogen-bond acceptors (Lipinski definition) is 2. The molecule has 1 aromatic rings. The zero-order chi connectivity index (χ0) is 14.8. The Labute approximate surface area is 125 Å². The number of hydrogen-bond donors (Lipinski definition) is 0. The summed E-state index contributed by atoms with van der Waals surface area (Å²) in [4.78, 5) is 2.57. The van der Waals surface area contributed by atoms with Crippen molar-refractivity contribution in [3.05, 3.63) is 29.3 Å². The Morgan fingerprint density at radius 2 is 1.65 bits per heavy atom. The van der Waals surface area contributed by atoms with Crippen LogP contribution in [0, 0.1) is 13.8 Å². The monoisotopic (exact) mass is 277 g/mol. The summed E-state index contributed by atoms with van der Waals surface area (Å²) in [7, 11) is 0. The van der Waals surface area contributed by atoms with Gasteiger partial charge in [0.05, 0.1) is 6.61 Å². The summed E-state index contributed by atoms with van der Waals surface area (Å²) in [5.74, 6) is 1.04.